The van der Waals surface area contributed by atoms with Crippen molar-refractivity contribution in [3.8, 4) is 5.75 Å². The van der Waals surface area contributed by atoms with Crippen LogP contribution in [0, 0.1) is 6.92 Å². The second kappa shape index (κ2) is 8.32. The molecule has 1 amide bonds. The number of fused-ring (bicyclic) bond motifs is 2. The fourth-order valence-corrected chi connectivity index (χ4v) is 4.58. The van der Waals surface area contributed by atoms with E-state index in [9.17, 15) is 4.79 Å². The standard InChI is InChI=1S/C24H19N5O2S/c1-15-5-8-20(31-2)21-22(15)32-24(28-21)29(14-16-4-3-9-25-13-16)23(30)17-6-7-18-19(12-17)27-11-10-26-18/h3-13H,14H2,1-2H3. The van der Waals surface area contributed by atoms with Crippen LogP contribution in [0.3, 0.4) is 0 Å². The van der Waals surface area contributed by atoms with Gasteiger partial charge in [-0.05, 0) is 48.4 Å². The van der Waals surface area contributed by atoms with Crippen molar-refractivity contribution < 1.29 is 9.53 Å². The lowest BCUT2D eigenvalue weighted by molar-refractivity contribution is 0.0985. The first-order valence-corrected chi connectivity index (χ1v) is 10.8. The largest absolute Gasteiger partial charge is 0.494 e. The molecule has 3 aromatic heterocycles. The molecular weight excluding hydrogens is 422 g/mol. The van der Waals surface area contributed by atoms with Crippen LogP contribution in [0.2, 0.25) is 0 Å². The van der Waals surface area contributed by atoms with E-state index in [1.165, 1.54) is 11.3 Å². The summed E-state index contributed by atoms with van der Waals surface area (Å²) in [5.74, 6) is 0.514. The van der Waals surface area contributed by atoms with E-state index in [1.54, 1.807) is 48.9 Å². The van der Waals surface area contributed by atoms with Crippen LogP contribution >= 0.6 is 11.3 Å². The highest BCUT2D eigenvalue weighted by atomic mass is 32.1. The third kappa shape index (κ3) is 3.65. The quantitative estimate of drug-likeness (QED) is 0.390. The summed E-state index contributed by atoms with van der Waals surface area (Å²) < 4.78 is 6.50. The molecule has 0 aliphatic heterocycles. The highest BCUT2D eigenvalue weighted by Crippen LogP contribution is 2.37. The number of rotatable bonds is 5. The molecule has 0 spiro atoms. The lowest BCUT2D eigenvalue weighted by atomic mass is 10.1. The molecule has 0 N–H and O–H groups in total. The Balaban J connectivity index is 1.62. The van der Waals surface area contributed by atoms with Crippen molar-refractivity contribution in [3.63, 3.8) is 0 Å². The van der Waals surface area contributed by atoms with Gasteiger partial charge in [-0.3, -0.25) is 24.6 Å². The number of carbonyl (C=O) groups is 1. The number of methoxy groups -OCH3 is 1. The van der Waals surface area contributed by atoms with Crippen molar-refractivity contribution in [1.29, 1.82) is 0 Å². The minimum absolute atomic E-state index is 0.169. The zero-order valence-corrected chi connectivity index (χ0v) is 18.3. The van der Waals surface area contributed by atoms with E-state index in [-0.39, 0.29) is 5.91 Å². The van der Waals surface area contributed by atoms with Gasteiger partial charge in [0.15, 0.2) is 5.13 Å². The Labute approximate surface area is 188 Å². The van der Waals surface area contributed by atoms with Crippen LogP contribution in [0.25, 0.3) is 21.3 Å². The van der Waals surface area contributed by atoms with Gasteiger partial charge in [-0.2, -0.15) is 0 Å². The first kappa shape index (κ1) is 20.0. The van der Waals surface area contributed by atoms with Crippen molar-refractivity contribution in [2.24, 2.45) is 0 Å². The maximum absolute atomic E-state index is 13.7. The Morgan fingerprint density at radius 3 is 2.69 bits per heavy atom. The average Bonchev–Trinajstić information content (AvgIpc) is 3.29. The van der Waals surface area contributed by atoms with Gasteiger partial charge in [0.2, 0.25) is 0 Å². The first-order chi connectivity index (χ1) is 15.6. The van der Waals surface area contributed by atoms with E-state index < -0.39 is 0 Å². The molecule has 0 radical (unpaired) electrons. The molecule has 0 bridgehead atoms. The Kier molecular flexibility index (Phi) is 5.20. The van der Waals surface area contributed by atoms with Crippen molar-refractivity contribution in [2.45, 2.75) is 13.5 Å². The van der Waals surface area contributed by atoms with E-state index >= 15 is 0 Å². The second-order valence-electron chi connectivity index (χ2n) is 7.27. The maximum Gasteiger partial charge on any atom is 0.260 e. The number of anilines is 1. The van der Waals surface area contributed by atoms with Crippen LogP contribution in [-0.4, -0.2) is 33.0 Å². The summed E-state index contributed by atoms with van der Waals surface area (Å²) in [6.07, 6.45) is 6.72. The zero-order valence-electron chi connectivity index (χ0n) is 17.5. The molecule has 5 aromatic rings. The normalized spacial score (nSPS) is 11.1. The number of hydrogen-bond acceptors (Lipinski definition) is 7. The number of aromatic nitrogens is 4. The number of pyridine rings is 1. The van der Waals surface area contributed by atoms with Gasteiger partial charge in [0.05, 0.1) is 29.4 Å². The number of benzene rings is 2. The lowest BCUT2D eigenvalue weighted by Gasteiger charge is -2.20. The summed E-state index contributed by atoms with van der Waals surface area (Å²) in [5, 5.41) is 0.598. The lowest BCUT2D eigenvalue weighted by Crippen LogP contribution is -2.30. The van der Waals surface area contributed by atoms with Crippen LogP contribution in [0.1, 0.15) is 21.5 Å². The Morgan fingerprint density at radius 2 is 1.91 bits per heavy atom. The molecule has 158 valence electrons. The molecule has 8 heteroatoms. The smallest absolute Gasteiger partial charge is 0.260 e. The third-order valence-electron chi connectivity index (χ3n) is 5.17. The van der Waals surface area contributed by atoms with E-state index in [4.69, 9.17) is 9.72 Å². The topological polar surface area (TPSA) is 81.1 Å². The molecule has 2 aromatic carbocycles. The number of hydrogen-bond donors (Lipinski definition) is 0. The molecule has 0 aliphatic carbocycles. The van der Waals surface area contributed by atoms with E-state index in [0.717, 1.165) is 26.9 Å². The zero-order chi connectivity index (χ0) is 22.1. The molecule has 0 saturated carbocycles. The molecule has 0 saturated heterocycles. The molecule has 0 atom stereocenters. The van der Waals surface area contributed by atoms with Gasteiger partial charge in [0, 0.05) is 30.4 Å². The van der Waals surface area contributed by atoms with Gasteiger partial charge in [-0.15, -0.1) is 0 Å². The van der Waals surface area contributed by atoms with Crippen LogP contribution in [0.5, 0.6) is 5.75 Å². The highest BCUT2D eigenvalue weighted by molar-refractivity contribution is 7.22. The monoisotopic (exact) mass is 441 g/mol. The molecule has 3 heterocycles. The van der Waals surface area contributed by atoms with Crippen LogP contribution in [-0.2, 0) is 6.54 Å². The SMILES string of the molecule is COc1ccc(C)c2sc(N(Cc3cccnc3)C(=O)c3ccc4nccnc4c3)nc12. The summed E-state index contributed by atoms with van der Waals surface area (Å²) in [4.78, 5) is 33.0. The van der Waals surface area contributed by atoms with Gasteiger partial charge in [0.1, 0.15) is 11.3 Å². The number of thiazole rings is 1. The highest BCUT2D eigenvalue weighted by Gasteiger charge is 2.24. The van der Waals surface area contributed by atoms with Crippen molar-refractivity contribution in [2.75, 3.05) is 12.0 Å². The first-order valence-electron chi connectivity index (χ1n) is 10.00. The molecule has 0 unspecified atom stereocenters. The summed E-state index contributed by atoms with van der Waals surface area (Å²) >= 11 is 1.47. The van der Waals surface area contributed by atoms with Gasteiger partial charge < -0.3 is 4.74 Å². The Hall–Kier alpha value is -3.91. The third-order valence-corrected chi connectivity index (χ3v) is 6.38. The van der Waals surface area contributed by atoms with Crippen LogP contribution < -0.4 is 9.64 Å². The van der Waals surface area contributed by atoms with E-state index in [0.29, 0.717) is 28.5 Å². The minimum Gasteiger partial charge on any atom is -0.494 e. The van der Waals surface area contributed by atoms with Gasteiger partial charge in [-0.25, -0.2) is 4.98 Å². The number of ether oxygens (including phenoxy) is 1. The number of aryl methyl sites for hydroxylation is 1. The molecule has 7 nitrogen and oxygen atoms in total. The van der Waals surface area contributed by atoms with Crippen LogP contribution in [0.15, 0.2) is 67.3 Å². The summed E-state index contributed by atoms with van der Waals surface area (Å²) in [5.41, 5.74) is 4.67. The van der Waals surface area contributed by atoms with Crippen molar-refractivity contribution >= 4 is 43.6 Å². The fraction of sp³-hybridized carbons (Fsp3) is 0.125. The summed E-state index contributed by atoms with van der Waals surface area (Å²) in [6, 6.07) is 13.0. The average molecular weight is 442 g/mol. The molecule has 0 aliphatic rings. The predicted octanol–water partition coefficient (Wildman–Crippen LogP) is 4.80. The maximum atomic E-state index is 13.7. The molecular formula is C24H19N5O2S. The molecule has 0 fully saturated rings. The Morgan fingerprint density at radius 1 is 1.06 bits per heavy atom. The van der Waals surface area contributed by atoms with Gasteiger partial charge in [-0.1, -0.05) is 23.5 Å². The number of amides is 1. The minimum atomic E-state index is -0.169. The van der Waals surface area contributed by atoms with E-state index in [1.807, 2.05) is 37.3 Å². The molecule has 32 heavy (non-hydrogen) atoms. The van der Waals surface area contributed by atoms with Gasteiger partial charge >= 0.3 is 0 Å². The second-order valence-corrected chi connectivity index (χ2v) is 8.25. The predicted molar refractivity (Wildman–Crippen MR) is 125 cm³/mol. The van der Waals surface area contributed by atoms with Crippen LogP contribution in [0.4, 0.5) is 5.13 Å². The number of carbonyl (C=O) groups excluding carboxylic acids is 1. The summed E-state index contributed by atoms with van der Waals surface area (Å²) in [7, 11) is 1.62. The molecule has 5 rings (SSSR count). The van der Waals surface area contributed by atoms with Crippen molar-refractivity contribution in [3.05, 3.63) is 83.9 Å². The number of nitrogens with zero attached hydrogens (tertiary/aromatic N) is 5. The Bertz CT molecular complexity index is 1430. The van der Waals surface area contributed by atoms with E-state index in [2.05, 4.69) is 15.0 Å². The fourth-order valence-electron chi connectivity index (χ4n) is 3.53. The van der Waals surface area contributed by atoms with Gasteiger partial charge in [0.25, 0.3) is 5.91 Å². The van der Waals surface area contributed by atoms with Crippen molar-refractivity contribution in [1.82, 2.24) is 19.9 Å². The summed E-state index contributed by atoms with van der Waals surface area (Å²) in [6.45, 7) is 2.37.